The molecule has 0 bridgehead atoms. The first-order valence-electron chi connectivity index (χ1n) is 8.67. The zero-order valence-electron chi connectivity index (χ0n) is 14.7. The van der Waals surface area contributed by atoms with Crippen molar-refractivity contribution in [3.63, 3.8) is 0 Å². The second-order valence-corrected chi connectivity index (χ2v) is 5.98. The maximum atomic E-state index is 12.8. The summed E-state index contributed by atoms with van der Waals surface area (Å²) in [7, 11) is 0. The van der Waals surface area contributed by atoms with Crippen LogP contribution in [0.4, 0.5) is 0 Å². The highest BCUT2D eigenvalue weighted by Gasteiger charge is 2.22. The Hall–Kier alpha value is -3.66. The first-order chi connectivity index (χ1) is 13.2. The van der Waals surface area contributed by atoms with Gasteiger partial charge in [-0.1, -0.05) is 91.0 Å². The van der Waals surface area contributed by atoms with Crippen molar-refractivity contribution in [2.24, 2.45) is 0 Å². The van der Waals surface area contributed by atoms with Crippen LogP contribution in [0.15, 0.2) is 97.1 Å². The maximum Gasteiger partial charge on any atom is 0.262 e. The van der Waals surface area contributed by atoms with Crippen molar-refractivity contribution >= 4 is 17.9 Å². The maximum absolute atomic E-state index is 12.8. The largest absolute Gasteiger partial charge is 0.272 e. The van der Waals surface area contributed by atoms with E-state index in [4.69, 9.17) is 0 Å². The van der Waals surface area contributed by atoms with Crippen LogP contribution < -0.4 is 10.9 Å². The molecule has 2 N–H and O–H groups in total. The van der Waals surface area contributed by atoms with Gasteiger partial charge in [0.05, 0.1) is 5.92 Å². The summed E-state index contributed by atoms with van der Waals surface area (Å²) >= 11 is 0. The molecule has 3 aromatic carbocycles. The van der Waals surface area contributed by atoms with E-state index in [-0.39, 0.29) is 5.91 Å². The highest BCUT2D eigenvalue weighted by molar-refractivity contribution is 5.94. The van der Waals surface area contributed by atoms with Gasteiger partial charge in [-0.05, 0) is 22.8 Å². The number of rotatable bonds is 5. The minimum absolute atomic E-state index is 0.297. The zero-order valence-corrected chi connectivity index (χ0v) is 14.7. The van der Waals surface area contributed by atoms with E-state index in [0.717, 1.165) is 16.7 Å². The third kappa shape index (κ3) is 5.16. The minimum atomic E-state index is -0.509. The molecule has 4 heteroatoms. The average Bonchev–Trinajstić information content (AvgIpc) is 2.73. The fourth-order valence-electron chi connectivity index (χ4n) is 2.76. The third-order valence-corrected chi connectivity index (χ3v) is 4.06. The summed E-state index contributed by atoms with van der Waals surface area (Å²) < 4.78 is 0. The lowest BCUT2D eigenvalue weighted by Gasteiger charge is -2.17. The van der Waals surface area contributed by atoms with Crippen LogP contribution >= 0.6 is 0 Å². The van der Waals surface area contributed by atoms with E-state index in [0.29, 0.717) is 0 Å². The monoisotopic (exact) mass is 356 g/mol. The number of nitrogens with one attached hydrogen (secondary N) is 2. The molecule has 0 fully saturated rings. The summed E-state index contributed by atoms with van der Waals surface area (Å²) in [6.07, 6.45) is 3.07. The Morgan fingerprint density at radius 1 is 0.667 bits per heavy atom. The molecule has 2 amide bonds. The fraction of sp³-hybridized carbons (Fsp3) is 0.0435. The lowest BCUT2D eigenvalue weighted by atomic mass is 9.91. The molecule has 0 aromatic heterocycles. The number of hydrazine groups is 1. The van der Waals surface area contributed by atoms with Crippen LogP contribution in [0.1, 0.15) is 22.6 Å². The summed E-state index contributed by atoms with van der Waals surface area (Å²) in [6.45, 7) is 0. The van der Waals surface area contributed by atoms with Crippen molar-refractivity contribution in [3.8, 4) is 0 Å². The molecule has 4 nitrogen and oxygen atoms in total. The van der Waals surface area contributed by atoms with E-state index < -0.39 is 11.8 Å². The van der Waals surface area contributed by atoms with Gasteiger partial charge in [0.15, 0.2) is 0 Å². The normalized spacial score (nSPS) is 10.7. The van der Waals surface area contributed by atoms with Gasteiger partial charge >= 0.3 is 0 Å². The van der Waals surface area contributed by atoms with Crippen LogP contribution in [0.2, 0.25) is 0 Å². The molecule has 0 radical (unpaired) electrons. The number of benzene rings is 3. The van der Waals surface area contributed by atoms with E-state index in [9.17, 15) is 9.59 Å². The molecular formula is C23H20N2O2. The smallest absolute Gasteiger partial charge is 0.262 e. The zero-order chi connectivity index (χ0) is 18.9. The molecule has 134 valence electrons. The standard InChI is InChI=1S/C23H20N2O2/c26-21(17-16-18-10-4-1-5-11-18)24-25-23(27)22(19-12-6-2-7-13-19)20-14-8-3-9-15-20/h1-17,22H,(H,24,26)(H,25,27). The average molecular weight is 356 g/mol. The van der Waals surface area contributed by atoms with Crippen LogP contribution in [0.5, 0.6) is 0 Å². The molecule has 0 aliphatic heterocycles. The molecule has 0 heterocycles. The minimum Gasteiger partial charge on any atom is -0.272 e. The van der Waals surface area contributed by atoms with Gasteiger partial charge in [-0.2, -0.15) is 0 Å². The van der Waals surface area contributed by atoms with E-state index >= 15 is 0 Å². The van der Waals surface area contributed by atoms with Gasteiger partial charge in [-0.25, -0.2) is 0 Å². The highest BCUT2D eigenvalue weighted by Crippen LogP contribution is 2.24. The van der Waals surface area contributed by atoms with Crippen molar-refractivity contribution in [1.29, 1.82) is 0 Å². The van der Waals surface area contributed by atoms with E-state index in [1.807, 2.05) is 91.0 Å². The molecule has 3 aromatic rings. The van der Waals surface area contributed by atoms with Gasteiger partial charge in [0.1, 0.15) is 0 Å². The third-order valence-electron chi connectivity index (χ3n) is 4.06. The lowest BCUT2D eigenvalue weighted by molar-refractivity contribution is -0.127. The molecule has 0 unspecified atom stereocenters. The Morgan fingerprint density at radius 2 is 1.15 bits per heavy atom. The molecule has 0 aliphatic rings. The molecule has 0 saturated carbocycles. The summed E-state index contributed by atoms with van der Waals surface area (Å²) in [5.74, 6) is -1.20. The molecule has 3 rings (SSSR count). The summed E-state index contributed by atoms with van der Waals surface area (Å²) in [5, 5.41) is 0. The highest BCUT2D eigenvalue weighted by atomic mass is 16.2. The molecule has 27 heavy (non-hydrogen) atoms. The van der Waals surface area contributed by atoms with Crippen LogP contribution in [0.25, 0.3) is 6.08 Å². The van der Waals surface area contributed by atoms with Crippen molar-refractivity contribution in [2.45, 2.75) is 5.92 Å². The quantitative estimate of drug-likeness (QED) is 0.541. The second-order valence-electron chi connectivity index (χ2n) is 5.98. The van der Waals surface area contributed by atoms with E-state index in [1.165, 1.54) is 6.08 Å². The van der Waals surface area contributed by atoms with E-state index in [2.05, 4.69) is 10.9 Å². The number of hydrogen-bond donors (Lipinski definition) is 2. The Labute approximate surface area is 158 Å². The van der Waals surface area contributed by atoms with Gasteiger partial charge in [0.25, 0.3) is 5.91 Å². The van der Waals surface area contributed by atoms with Gasteiger partial charge in [0.2, 0.25) is 5.91 Å². The molecule has 0 aliphatic carbocycles. The van der Waals surface area contributed by atoms with Gasteiger partial charge < -0.3 is 0 Å². The molecular weight excluding hydrogens is 336 g/mol. The first-order valence-corrected chi connectivity index (χ1v) is 8.67. The topological polar surface area (TPSA) is 58.2 Å². The van der Waals surface area contributed by atoms with Crippen molar-refractivity contribution in [2.75, 3.05) is 0 Å². The van der Waals surface area contributed by atoms with Gasteiger partial charge in [-0.3, -0.25) is 20.4 Å². The number of amides is 2. The van der Waals surface area contributed by atoms with Crippen LogP contribution in [-0.2, 0) is 9.59 Å². The molecule has 0 atom stereocenters. The van der Waals surface area contributed by atoms with Crippen LogP contribution in [0.3, 0.4) is 0 Å². The summed E-state index contributed by atoms with van der Waals surface area (Å²) in [4.78, 5) is 24.8. The van der Waals surface area contributed by atoms with Crippen molar-refractivity contribution < 1.29 is 9.59 Å². The van der Waals surface area contributed by atoms with Crippen LogP contribution in [-0.4, -0.2) is 11.8 Å². The number of hydrogen-bond acceptors (Lipinski definition) is 2. The predicted molar refractivity (Wildman–Crippen MR) is 106 cm³/mol. The van der Waals surface area contributed by atoms with Gasteiger partial charge in [-0.15, -0.1) is 0 Å². The van der Waals surface area contributed by atoms with Crippen LogP contribution in [0, 0.1) is 0 Å². The van der Waals surface area contributed by atoms with Gasteiger partial charge in [0, 0.05) is 6.08 Å². The predicted octanol–water partition coefficient (Wildman–Crippen LogP) is 3.68. The fourth-order valence-corrected chi connectivity index (χ4v) is 2.76. The lowest BCUT2D eigenvalue weighted by Crippen LogP contribution is -2.43. The molecule has 0 spiro atoms. The van der Waals surface area contributed by atoms with Crippen molar-refractivity contribution in [3.05, 3.63) is 114 Å². The Balaban J connectivity index is 1.68. The Bertz CT molecular complexity index is 867. The second kappa shape index (κ2) is 9.15. The summed E-state index contributed by atoms with van der Waals surface area (Å²) in [6, 6.07) is 28.4. The Morgan fingerprint density at radius 3 is 1.67 bits per heavy atom. The molecule has 0 saturated heterocycles. The van der Waals surface area contributed by atoms with Crippen molar-refractivity contribution in [1.82, 2.24) is 10.9 Å². The number of carbonyl (C=O) groups is 2. The number of carbonyl (C=O) groups excluding carboxylic acids is 2. The van der Waals surface area contributed by atoms with E-state index in [1.54, 1.807) is 6.08 Å². The summed E-state index contributed by atoms with van der Waals surface area (Å²) in [5.41, 5.74) is 7.59. The Kier molecular flexibility index (Phi) is 6.15. The first kappa shape index (κ1) is 18.1. The SMILES string of the molecule is O=C(C=Cc1ccccc1)NNC(=O)C(c1ccccc1)c1ccccc1.